The van der Waals surface area contributed by atoms with Gasteiger partial charge in [-0.3, -0.25) is 9.36 Å². The summed E-state index contributed by atoms with van der Waals surface area (Å²) >= 11 is 0. The summed E-state index contributed by atoms with van der Waals surface area (Å²) in [6.07, 6.45) is 70.4. The van der Waals surface area contributed by atoms with Gasteiger partial charge in [0.2, 0.25) is 5.91 Å². The number of rotatable bonds is 59. The van der Waals surface area contributed by atoms with E-state index in [1.54, 1.807) is 6.08 Å². The second kappa shape index (κ2) is 54.8. The number of amides is 1. The lowest BCUT2D eigenvalue weighted by Crippen LogP contribution is -2.45. The summed E-state index contributed by atoms with van der Waals surface area (Å²) in [6.45, 7) is 4.64. The van der Waals surface area contributed by atoms with Crippen molar-refractivity contribution in [3.8, 4) is 0 Å². The lowest BCUT2D eigenvalue weighted by molar-refractivity contribution is -0.870. The van der Waals surface area contributed by atoms with E-state index in [4.69, 9.17) is 9.05 Å². The van der Waals surface area contributed by atoms with Gasteiger partial charge in [-0.15, -0.1) is 0 Å². The molecule has 3 unspecified atom stereocenters. The molecule has 428 valence electrons. The van der Waals surface area contributed by atoms with E-state index in [2.05, 4.69) is 31.3 Å². The molecule has 0 saturated heterocycles. The van der Waals surface area contributed by atoms with Gasteiger partial charge in [0, 0.05) is 6.42 Å². The van der Waals surface area contributed by atoms with E-state index in [0.717, 1.165) is 38.5 Å². The highest BCUT2D eigenvalue weighted by atomic mass is 31.2. The van der Waals surface area contributed by atoms with Crippen molar-refractivity contribution in [1.82, 2.24) is 5.32 Å². The van der Waals surface area contributed by atoms with Crippen molar-refractivity contribution in [2.75, 3.05) is 40.9 Å². The second-order valence-electron chi connectivity index (χ2n) is 23.1. The summed E-state index contributed by atoms with van der Waals surface area (Å²) in [7, 11) is 1.27. The molecule has 3 atom stereocenters. The summed E-state index contributed by atoms with van der Waals surface area (Å²) in [5, 5.41) is 13.8. The Balaban J connectivity index is 3.72. The van der Waals surface area contributed by atoms with Crippen LogP contribution in [0.3, 0.4) is 0 Å². The number of aliphatic hydroxyl groups is 1. The molecule has 0 aromatic carbocycles. The molecule has 0 rings (SSSR count). The van der Waals surface area contributed by atoms with Crippen molar-refractivity contribution >= 4 is 13.7 Å². The molecule has 0 saturated carbocycles. The van der Waals surface area contributed by atoms with E-state index in [1.807, 2.05) is 27.2 Å². The zero-order valence-electron chi connectivity index (χ0n) is 48.9. The number of nitrogens with one attached hydrogen (secondary N) is 1. The highest BCUT2D eigenvalue weighted by molar-refractivity contribution is 7.45. The quantitative estimate of drug-likeness (QED) is 0.0272. The van der Waals surface area contributed by atoms with Crippen LogP contribution in [-0.2, 0) is 18.4 Å². The number of phosphoric acid groups is 1. The Kier molecular flexibility index (Phi) is 54.0. The Hall–Kier alpha value is -1.02. The van der Waals surface area contributed by atoms with Gasteiger partial charge in [-0.1, -0.05) is 295 Å². The third-order valence-corrected chi connectivity index (χ3v) is 15.6. The van der Waals surface area contributed by atoms with Crippen LogP contribution in [-0.4, -0.2) is 68.5 Å². The van der Waals surface area contributed by atoms with Gasteiger partial charge in [0.15, 0.2) is 0 Å². The summed E-state index contributed by atoms with van der Waals surface area (Å²) in [6, 6.07) is -0.881. The van der Waals surface area contributed by atoms with E-state index in [1.165, 1.54) is 263 Å². The zero-order chi connectivity index (χ0) is 52.7. The fourth-order valence-corrected chi connectivity index (χ4v) is 10.4. The summed E-state index contributed by atoms with van der Waals surface area (Å²) in [5.74, 6) is -0.194. The van der Waals surface area contributed by atoms with Gasteiger partial charge in [-0.25, -0.2) is 0 Å². The predicted octanol–water partition coefficient (Wildman–Crippen LogP) is 18.9. The van der Waals surface area contributed by atoms with Crippen LogP contribution >= 0.6 is 7.82 Å². The lowest BCUT2D eigenvalue weighted by Gasteiger charge is -2.29. The van der Waals surface area contributed by atoms with Crippen LogP contribution in [0.1, 0.15) is 322 Å². The van der Waals surface area contributed by atoms with Crippen molar-refractivity contribution in [2.45, 2.75) is 334 Å². The van der Waals surface area contributed by atoms with Gasteiger partial charge < -0.3 is 28.8 Å². The van der Waals surface area contributed by atoms with Crippen LogP contribution in [0.15, 0.2) is 24.3 Å². The monoisotopic (exact) mass is 1040 g/mol. The first kappa shape index (κ1) is 71.0. The normalized spacial score (nSPS) is 13.9. The maximum atomic E-state index is 12.9. The van der Waals surface area contributed by atoms with E-state index < -0.39 is 20.0 Å². The fraction of sp³-hybridized carbons (Fsp3) is 0.921. The number of hydrogen-bond donors (Lipinski definition) is 2. The molecule has 0 heterocycles. The molecule has 0 bridgehead atoms. The molecule has 0 spiro atoms. The van der Waals surface area contributed by atoms with Gasteiger partial charge in [0.25, 0.3) is 7.82 Å². The van der Waals surface area contributed by atoms with Crippen molar-refractivity contribution in [3.05, 3.63) is 24.3 Å². The molecule has 9 heteroatoms. The van der Waals surface area contributed by atoms with Crippen molar-refractivity contribution < 1.29 is 32.9 Å². The second-order valence-corrected chi connectivity index (χ2v) is 24.5. The minimum absolute atomic E-state index is 0.00138. The first-order valence-corrected chi connectivity index (χ1v) is 33.2. The summed E-state index contributed by atoms with van der Waals surface area (Å²) in [5.41, 5.74) is 0. The number of hydrogen-bond acceptors (Lipinski definition) is 6. The van der Waals surface area contributed by atoms with Crippen LogP contribution in [0, 0.1) is 0 Å². The number of quaternary nitrogens is 1. The van der Waals surface area contributed by atoms with E-state index in [-0.39, 0.29) is 19.1 Å². The van der Waals surface area contributed by atoms with Gasteiger partial charge in [0.1, 0.15) is 13.2 Å². The molecule has 8 nitrogen and oxygen atoms in total. The van der Waals surface area contributed by atoms with Crippen molar-refractivity contribution in [3.63, 3.8) is 0 Å². The Labute approximate surface area is 449 Å². The van der Waals surface area contributed by atoms with Crippen LogP contribution in [0.4, 0.5) is 0 Å². The van der Waals surface area contributed by atoms with E-state index >= 15 is 0 Å². The first-order chi connectivity index (χ1) is 35.0. The first-order valence-electron chi connectivity index (χ1n) is 31.7. The molecular weight excluding hydrogens is 912 g/mol. The van der Waals surface area contributed by atoms with Crippen LogP contribution in [0.2, 0.25) is 0 Å². The average molecular weight is 1040 g/mol. The maximum Gasteiger partial charge on any atom is 0.268 e. The molecule has 0 aliphatic rings. The molecule has 1 amide bonds. The van der Waals surface area contributed by atoms with Gasteiger partial charge in [-0.2, -0.15) is 0 Å². The Morgan fingerprint density at radius 1 is 0.472 bits per heavy atom. The van der Waals surface area contributed by atoms with Gasteiger partial charge in [-0.05, 0) is 44.9 Å². The number of aliphatic hydroxyl groups excluding tert-OH is 1. The average Bonchev–Trinajstić information content (AvgIpc) is 3.34. The Bertz CT molecular complexity index is 1220. The predicted molar refractivity (Wildman–Crippen MR) is 312 cm³/mol. The summed E-state index contributed by atoms with van der Waals surface area (Å²) in [4.78, 5) is 25.4. The molecule has 0 aliphatic heterocycles. The highest BCUT2D eigenvalue weighted by Crippen LogP contribution is 2.38. The molecule has 0 radical (unpaired) electrons. The smallest absolute Gasteiger partial charge is 0.268 e. The molecule has 0 aromatic rings. The molecule has 72 heavy (non-hydrogen) atoms. The van der Waals surface area contributed by atoms with Crippen LogP contribution < -0.4 is 10.2 Å². The summed E-state index contributed by atoms with van der Waals surface area (Å²) < 4.78 is 23.2. The number of unbranched alkanes of at least 4 members (excludes halogenated alkanes) is 44. The van der Waals surface area contributed by atoms with Gasteiger partial charge >= 0.3 is 0 Å². The van der Waals surface area contributed by atoms with E-state index in [0.29, 0.717) is 17.4 Å². The number of nitrogens with zero attached hydrogens (tertiary/aromatic N) is 1. The molecular formula is C63H125N2O6P. The van der Waals surface area contributed by atoms with E-state index in [9.17, 15) is 19.4 Å². The van der Waals surface area contributed by atoms with Crippen molar-refractivity contribution in [1.29, 1.82) is 0 Å². The molecule has 0 aliphatic carbocycles. The number of likely N-dealkylation sites (N-methyl/N-ethyl adjacent to an activating group) is 1. The molecule has 0 aromatic heterocycles. The molecule has 0 fully saturated rings. The lowest BCUT2D eigenvalue weighted by atomic mass is 10.0. The number of carbonyl (C=O) groups is 1. The van der Waals surface area contributed by atoms with Crippen LogP contribution in [0.25, 0.3) is 0 Å². The van der Waals surface area contributed by atoms with Crippen molar-refractivity contribution in [2.24, 2.45) is 0 Å². The Morgan fingerprint density at radius 2 is 0.764 bits per heavy atom. The SMILES string of the molecule is CCCCCCCCC/C=C/C(O)C(COP(=O)([O-])OCC[N+](C)(C)C)NC(=O)CCCCCCCCCCCCCCCCCCCCCCCCCCCCCCC/C=C\CCCCCCCCCC. The molecule has 2 N–H and O–H groups in total. The third kappa shape index (κ3) is 56.7. The fourth-order valence-electron chi connectivity index (χ4n) is 9.68. The number of phosphoric ester groups is 1. The zero-order valence-corrected chi connectivity index (χ0v) is 49.8. The third-order valence-electron chi connectivity index (χ3n) is 14.7. The largest absolute Gasteiger partial charge is 0.756 e. The number of allylic oxidation sites excluding steroid dienone is 3. The maximum absolute atomic E-state index is 12.9. The standard InChI is InChI=1S/C63H125N2O6P/c1-6-8-10-12-14-16-17-18-19-20-21-22-23-24-25-26-27-28-29-30-31-32-33-34-35-36-37-38-39-40-41-42-43-44-45-46-47-49-51-53-55-57-63(67)64-61(60-71-72(68,69)70-59-58-65(3,4)5)62(66)56-54-52-50-48-15-13-11-9-7-2/h20-21,54,56,61-62,66H,6-19,22-53,55,57-60H2,1-5H3,(H-,64,67,68,69)/b21-20-,56-54+. The Morgan fingerprint density at radius 3 is 1.08 bits per heavy atom. The minimum Gasteiger partial charge on any atom is -0.756 e. The minimum atomic E-state index is -4.58. The highest BCUT2D eigenvalue weighted by Gasteiger charge is 2.23. The van der Waals surface area contributed by atoms with Crippen LogP contribution in [0.5, 0.6) is 0 Å². The van der Waals surface area contributed by atoms with Gasteiger partial charge in [0.05, 0.1) is 39.9 Å². The number of carbonyl (C=O) groups excluding carboxylic acids is 1. The topological polar surface area (TPSA) is 108 Å².